The van der Waals surface area contributed by atoms with Crippen molar-refractivity contribution in [2.24, 2.45) is 0 Å². The maximum atomic E-state index is 6.61. The van der Waals surface area contributed by atoms with E-state index in [0.29, 0.717) is 0 Å². The Balaban J connectivity index is 1.32. The molecule has 5 aromatic rings. The van der Waals surface area contributed by atoms with Gasteiger partial charge in [-0.05, 0) is 62.2 Å². The van der Waals surface area contributed by atoms with Gasteiger partial charge < -0.3 is 9.13 Å². The minimum atomic E-state index is 0.826. The third-order valence-corrected chi connectivity index (χ3v) is 10.7. The van der Waals surface area contributed by atoms with Crippen LogP contribution in [-0.2, 0) is 13.1 Å². The van der Waals surface area contributed by atoms with E-state index in [4.69, 9.17) is 11.6 Å². The predicted octanol–water partition coefficient (Wildman–Crippen LogP) is 14.7. The molecule has 0 saturated carbocycles. The zero-order valence-corrected chi connectivity index (χ0v) is 30.2. The van der Waals surface area contributed by atoms with Crippen LogP contribution in [-0.4, -0.2) is 9.13 Å². The van der Waals surface area contributed by atoms with E-state index < -0.39 is 0 Å². The number of hydrogen-bond acceptors (Lipinski definition) is 0. The molecule has 0 unspecified atom stereocenters. The van der Waals surface area contributed by atoms with E-state index in [9.17, 15) is 0 Å². The van der Waals surface area contributed by atoms with Gasteiger partial charge >= 0.3 is 0 Å². The molecule has 2 heterocycles. The van der Waals surface area contributed by atoms with Crippen molar-refractivity contribution < 1.29 is 0 Å². The van der Waals surface area contributed by atoms with Crippen LogP contribution in [0.3, 0.4) is 0 Å². The molecule has 0 aliphatic heterocycles. The second-order valence-corrected chi connectivity index (χ2v) is 14.7. The molecule has 46 heavy (non-hydrogen) atoms. The van der Waals surface area contributed by atoms with Gasteiger partial charge in [-0.3, -0.25) is 0 Å². The van der Waals surface area contributed by atoms with Gasteiger partial charge in [-0.25, -0.2) is 0 Å². The lowest BCUT2D eigenvalue weighted by molar-refractivity contribution is 0.541. The number of unbranched alkanes of at least 4 members (excludes halogenated alkanes) is 18. The first kappa shape index (κ1) is 34.9. The number of rotatable bonds is 22. The molecule has 3 aromatic carbocycles. The predicted molar refractivity (Wildman–Crippen MR) is 206 cm³/mol. The molecule has 0 saturated heterocycles. The fourth-order valence-electron chi connectivity index (χ4n) is 7.77. The number of aromatic nitrogens is 2. The summed E-state index contributed by atoms with van der Waals surface area (Å²) >= 11 is 6.61. The highest BCUT2D eigenvalue weighted by atomic mass is 35.5. The lowest BCUT2D eigenvalue weighted by Crippen LogP contribution is -1.99. The molecular formula is C43H61ClN2. The lowest BCUT2D eigenvalue weighted by atomic mass is 10.1. The summed E-state index contributed by atoms with van der Waals surface area (Å²) in [5.41, 5.74) is 6.78. The standard InChI is InChI=1S/C43H61ClN2/c1-4-6-8-10-12-14-16-18-20-22-28-45-40-26-24-34(3)30-36(40)38-32-43-39(33-42(38)45)37-31-35(44)25-27-41(37)46(43)29-23-21-19-17-15-13-11-9-7-5-2/h24-27,30-33H,4-23,28-29H2,1-3H3. The molecule has 3 heteroatoms. The molecule has 5 rings (SSSR count). The van der Waals surface area contributed by atoms with Crippen LogP contribution in [0.1, 0.15) is 148 Å². The third kappa shape index (κ3) is 8.91. The van der Waals surface area contributed by atoms with Crippen LogP contribution in [0.2, 0.25) is 5.02 Å². The van der Waals surface area contributed by atoms with Crippen LogP contribution < -0.4 is 0 Å². The molecule has 250 valence electrons. The summed E-state index contributed by atoms with van der Waals surface area (Å²) in [6, 6.07) is 18.6. The Hall–Kier alpha value is -2.45. The topological polar surface area (TPSA) is 9.86 Å². The summed E-state index contributed by atoms with van der Waals surface area (Å²) in [5.74, 6) is 0. The average Bonchev–Trinajstić information content (AvgIpc) is 3.52. The quantitative estimate of drug-likeness (QED) is 0.0666. The number of fused-ring (bicyclic) bond motifs is 6. The summed E-state index contributed by atoms with van der Waals surface area (Å²) in [6.45, 7) is 8.98. The molecule has 0 aliphatic carbocycles. The zero-order chi connectivity index (χ0) is 32.1. The molecule has 0 N–H and O–H groups in total. The highest BCUT2D eigenvalue weighted by Gasteiger charge is 2.17. The van der Waals surface area contributed by atoms with Crippen molar-refractivity contribution >= 4 is 55.2 Å². The Bertz CT molecular complexity index is 1530. The molecule has 2 nitrogen and oxygen atoms in total. The molecule has 0 radical (unpaired) electrons. The summed E-state index contributed by atoms with van der Waals surface area (Å²) in [5, 5.41) is 6.27. The molecule has 2 aromatic heterocycles. The van der Waals surface area contributed by atoms with E-state index in [1.165, 1.54) is 178 Å². The van der Waals surface area contributed by atoms with Crippen LogP contribution >= 0.6 is 11.6 Å². The minimum Gasteiger partial charge on any atom is -0.340 e. The number of aryl methyl sites for hydroxylation is 3. The van der Waals surface area contributed by atoms with Crippen LogP contribution in [0, 0.1) is 6.92 Å². The maximum Gasteiger partial charge on any atom is 0.0499 e. The number of benzene rings is 3. The molecule has 0 fully saturated rings. The van der Waals surface area contributed by atoms with E-state index in [-0.39, 0.29) is 0 Å². The van der Waals surface area contributed by atoms with Gasteiger partial charge in [-0.2, -0.15) is 0 Å². The van der Waals surface area contributed by atoms with Gasteiger partial charge in [0.15, 0.2) is 0 Å². The van der Waals surface area contributed by atoms with Gasteiger partial charge in [0, 0.05) is 61.7 Å². The van der Waals surface area contributed by atoms with Crippen molar-refractivity contribution in [2.75, 3.05) is 0 Å². The second kappa shape index (κ2) is 18.2. The summed E-state index contributed by atoms with van der Waals surface area (Å²) in [7, 11) is 0. The molecular weight excluding hydrogens is 580 g/mol. The van der Waals surface area contributed by atoms with Gasteiger partial charge in [-0.1, -0.05) is 153 Å². The van der Waals surface area contributed by atoms with Crippen molar-refractivity contribution in [1.82, 2.24) is 9.13 Å². The zero-order valence-electron chi connectivity index (χ0n) is 29.4. The fourth-order valence-corrected chi connectivity index (χ4v) is 7.94. The molecule has 0 bridgehead atoms. The molecule has 0 amide bonds. The first-order chi connectivity index (χ1) is 22.6. The summed E-state index contributed by atoms with van der Waals surface area (Å²) in [6.07, 6.45) is 27.4. The highest BCUT2D eigenvalue weighted by Crippen LogP contribution is 2.38. The largest absolute Gasteiger partial charge is 0.340 e. The Kier molecular flexibility index (Phi) is 13.8. The van der Waals surface area contributed by atoms with E-state index in [2.05, 4.69) is 78.4 Å². The Morgan fingerprint density at radius 3 is 1.24 bits per heavy atom. The van der Waals surface area contributed by atoms with Crippen molar-refractivity contribution in [1.29, 1.82) is 0 Å². The fraction of sp³-hybridized carbons (Fsp3) is 0.581. The van der Waals surface area contributed by atoms with Gasteiger partial charge in [0.05, 0.1) is 0 Å². The smallest absolute Gasteiger partial charge is 0.0499 e. The van der Waals surface area contributed by atoms with Crippen molar-refractivity contribution in [3.8, 4) is 0 Å². The van der Waals surface area contributed by atoms with Crippen LogP contribution in [0.4, 0.5) is 0 Å². The van der Waals surface area contributed by atoms with Crippen molar-refractivity contribution in [2.45, 2.75) is 162 Å². The monoisotopic (exact) mass is 640 g/mol. The lowest BCUT2D eigenvalue weighted by Gasteiger charge is -2.09. The van der Waals surface area contributed by atoms with Gasteiger partial charge in [0.2, 0.25) is 0 Å². The maximum absolute atomic E-state index is 6.61. The normalized spacial score (nSPS) is 12.1. The summed E-state index contributed by atoms with van der Waals surface area (Å²) < 4.78 is 5.21. The number of hydrogen-bond donors (Lipinski definition) is 0. The van der Waals surface area contributed by atoms with Gasteiger partial charge in [-0.15, -0.1) is 0 Å². The second-order valence-electron chi connectivity index (χ2n) is 14.2. The SMILES string of the molecule is CCCCCCCCCCCCn1c2ccc(C)cc2c2cc3c(cc21)c1cc(Cl)ccc1n3CCCCCCCCCCCC. The van der Waals surface area contributed by atoms with E-state index in [0.717, 1.165) is 18.1 Å². The van der Waals surface area contributed by atoms with E-state index in [1.807, 2.05) is 0 Å². The minimum absolute atomic E-state index is 0.826. The third-order valence-electron chi connectivity index (χ3n) is 10.4. The van der Waals surface area contributed by atoms with E-state index >= 15 is 0 Å². The number of halogens is 1. The van der Waals surface area contributed by atoms with Crippen molar-refractivity contribution in [3.63, 3.8) is 0 Å². The molecule has 0 aliphatic rings. The summed E-state index contributed by atoms with van der Waals surface area (Å²) in [4.78, 5) is 0. The van der Waals surface area contributed by atoms with Gasteiger partial charge in [0.1, 0.15) is 0 Å². The van der Waals surface area contributed by atoms with Crippen LogP contribution in [0.15, 0.2) is 48.5 Å². The Morgan fingerprint density at radius 1 is 0.413 bits per heavy atom. The molecule has 0 atom stereocenters. The molecule has 0 spiro atoms. The van der Waals surface area contributed by atoms with Crippen LogP contribution in [0.5, 0.6) is 0 Å². The van der Waals surface area contributed by atoms with Crippen LogP contribution in [0.25, 0.3) is 43.6 Å². The first-order valence-corrected chi connectivity index (χ1v) is 19.6. The first-order valence-electron chi connectivity index (χ1n) is 19.3. The Morgan fingerprint density at radius 2 is 0.783 bits per heavy atom. The number of nitrogens with zero attached hydrogens (tertiary/aromatic N) is 2. The Labute approximate surface area is 284 Å². The average molecular weight is 641 g/mol. The van der Waals surface area contributed by atoms with E-state index in [1.54, 1.807) is 0 Å². The highest BCUT2D eigenvalue weighted by molar-refractivity contribution is 6.32. The van der Waals surface area contributed by atoms with Gasteiger partial charge in [0.25, 0.3) is 0 Å². The van der Waals surface area contributed by atoms with Crippen molar-refractivity contribution in [3.05, 3.63) is 59.1 Å².